The van der Waals surface area contributed by atoms with E-state index in [1.165, 1.54) is 13.8 Å². The van der Waals surface area contributed by atoms with Crippen LogP contribution in [-0.2, 0) is 9.59 Å². The number of halogens is 3. The number of nitrogens with one attached hydrogen (secondary N) is 1. The second-order valence-electron chi connectivity index (χ2n) is 5.46. The molecule has 0 bridgehead atoms. The molecule has 0 spiro atoms. The molecular formula is C13H20F3NO3. The monoisotopic (exact) mass is 295 g/mol. The maximum absolute atomic E-state index is 12.9. The number of aliphatic carboxylic acids is 1. The Kier molecular flexibility index (Phi) is 5.42. The van der Waals surface area contributed by atoms with Crippen molar-refractivity contribution in [2.45, 2.75) is 51.7 Å². The van der Waals surface area contributed by atoms with Gasteiger partial charge in [0.25, 0.3) is 0 Å². The first-order chi connectivity index (χ1) is 9.14. The molecule has 0 heterocycles. The minimum absolute atomic E-state index is 0.0373. The summed E-state index contributed by atoms with van der Waals surface area (Å²) >= 11 is 0. The van der Waals surface area contributed by atoms with E-state index in [0.29, 0.717) is 12.8 Å². The first-order valence-corrected chi connectivity index (χ1v) is 6.74. The number of carbonyl (C=O) groups is 2. The van der Waals surface area contributed by atoms with Crippen LogP contribution in [0.25, 0.3) is 0 Å². The van der Waals surface area contributed by atoms with Gasteiger partial charge in [-0.15, -0.1) is 0 Å². The number of carboxylic acid groups (broad SMARTS) is 1. The second kappa shape index (κ2) is 6.45. The topological polar surface area (TPSA) is 66.4 Å². The third-order valence-electron chi connectivity index (χ3n) is 4.03. The van der Waals surface area contributed by atoms with Crippen molar-refractivity contribution >= 4 is 11.9 Å². The molecule has 4 unspecified atom stereocenters. The van der Waals surface area contributed by atoms with Crippen LogP contribution in [0.5, 0.6) is 0 Å². The summed E-state index contributed by atoms with van der Waals surface area (Å²) in [5.74, 6) is -5.34. The molecule has 1 aliphatic carbocycles. The van der Waals surface area contributed by atoms with Crippen LogP contribution in [0.2, 0.25) is 0 Å². The third kappa shape index (κ3) is 4.11. The molecule has 2 N–H and O–H groups in total. The quantitative estimate of drug-likeness (QED) is 0.837. The highest BCUT2D eigenvalue weighted by molar-refractivity contribution is 5.80. The van der Waals surface area contributed by atoms with E-state index in [1.807, 2.05) is 0 Å². The summed E-state index contributed by atoms with van der Waals surface area (Å²) in [6, 6.07) is -0.698. The van der Waals surface area contributed by atoms with Gasteiger partial charge in [0.1, 0.15) is 0 Å². The molecule has 0 aliphatic heterocycles. The van der Waals surface area contributed by atoms with Crippen LogP contribution in [0.15, 0.2) is 0 Å². The maximum Gasteiger partial charge on any atom is 0.392 e. The zero-order chi connectivity index (χ0) is 15.5. The smallest absolute Gasteiger partial charge is 0.392 e. The molecule has 0 aromatic heterocycles. The third-order valence-corrected chi connectivity index (χ3v) is 4.03. The van der Waals surface area contributed by atoms with Crippen LogP contribution in [0.1, 0.15) is 39.5 Å². The van der Waals surface area contributed by atoms with Crippen molar-refractivity contribution in [2.24, 2.45) is 17.8 Å². The first-order valence-electron chi connectivity index (χ1n) is 6.74. The molecule has 1 amide bonds. The summed E-state index contributed by atoms with van der Waals surface area (Å²) in [7, 11) is 0. The Bertz CT molecular complexity index is 370. The van der Waals surface area contributed by atoms with Crippen molar-refractivity contribution in [1.82, 2.24) is 5.32 Å². The van der Waals surface area contributed by atoms with E-state index in [2.05, 4.69) is 5.32 Å². The van der Waals surface area contributed by atoms with Crippen molar-refractivity contribution in [3.63, 3.8) is 0 Å². The summed E-state index contributed by atoms with van der Waals surface area (Å²) in [6.07, 6.45) is -3.17. The number of rotatable bonds is 4. The van der Waals surface area contributed by atoms with E-state index in [-0.39, 0.29) is 12.8 Å². The Morgan fingerprint density at radius 2 is 1.75 bits per heavy atom. The number of carboxylic acids is 1. The molecule has 0 aromatic carbocycles. The Morgan fingerprint density at radius 3 is 2.25 bits per heavy atom. The number of amides is 1. The van der Waals surface area contributed by atoms with Crippen molar-refractivity contribution < 1.29 is 27.9 Å². The SMILES string of the molecule is CC(NC(=O)C1CCCCC1C(F)(F)F)C(C)C(=O)O. The fraction of sp³-hybridized carbons (Fsp3) is 0.846. The molecule has 1 aliphatic rings. The van der Waals surface area contributed by atoms with Gasteiger partial charge in [0.05, 0.1) is 11.8 Å². The summed E-state index contributed by atoms with van der Waals surface area (Å²) in [4.78, 5) is 22.8. The van der Waals surface area contributed by atoms with E-state index in [0.717, 1.165) is 0 Å². The van der Waals surface area contributed by atoms with E-state index in [1.54, 1.807) is 0 Å². The number of hydrogen-bond donors (Lipinski definition) is 2. The Labute approximate surface area is 115 Å². The lowest BCUT2D eigenvalue weighted by Gasteiger charge is -2.33. The molecule has 1 rings (SSSR count). The Hall–Kier alpha value is -1.27. The van der Waals surface area contributed by atoms with E-state index in [9.17, 15) is 22.8 Å². The van der Waals surface area contributed by atoms with Gasteiger partial charge >= 0.3 is 12.1 Å². The molecule has 4 nitrogen and oxygen atoms in total. The van der Waals surface area contributed by atoms with Crippen molar-refractivity contribution in [3.8, 4) is 0 Å². The normalized spacial score (nSPS) is 26.6. The zero-order valence-corrected chi connectivity index (χ0v) is 11.5. The molecule has 116 valence electrons. The summed E-state index contributed by atoms with van der Waals surface area (Å²) in [5.41, 5.74) is 0. The van der Waals surface area contributed by atoms with Gasteiger partial charge in [-0.25, -0.2) is 0 Å². The summed E-state index contributed by atoms with van der Waals surface area (Å²) in [6.45, 7) is 2.90. The highest BCUT2D eigenvalue weighted by Crippen LogP contribution is 2.41. The lowest BCUT2D eigenvalue weighted by atomic mass is 9.78. The van der Waals surface area contributed by atoms with Crippen LogP contribution in [0.3, 0.4) is 0 Å². The van der Waals surface area contributed by atoms with Crippen LogP contribution in [0.4, 0.5) is 13.2 Å². The highest BCUT2D eigenvalue weighted by Gasteiger charge is 2.48. The Morgan fingerprint density at radius 1 is 1.20 bits per heavy atom. The van der Waals surface area contributed by atoms with Crippen LogP contribution in [-0.4, -0.2) is 29.2 Å². The molecule has 0 saturated heterocycles. The van der Waals surface area contributed by atoms with Crippen LogP contribution in [0, 0.1) is 17.8 Å². The summed E-state index contributed by atoms with van der Waals surface area (Å²) in [5, 5.41) is 11.2. The molecule has 0 radical (unpaired) electrons. The van der Waals surface area contributed by atoms with Crippen molar-refractivity contribution in [2.75, 3.05) is 0 Å². The summed E-state index contributed by atoms with van der Waals surface area (Å²) < 4.78 is 38.7. The van der Waals surface area contributed by atoms with Crippen LogP contribution < -0.4 is 5.32 Å². The number of hydrogen-bond acceptors (Lipinski definition) is 2. The lowest BCUT2D eigenvalue weighted by Crippen LogP contribution is -2.47. The molecule has 4 atom stereocenters. The molecule has 1 saturated carbocycles. The van der Waals surface area contributed by atoms with Gasteiger partial charge in [-0.3, -0.25) is 9.59 Å². The standard InChI is InChI=1S/C13H20F3NO3/c1-7(12(19)20)8(2)17-11(18)9-5-3-4-6-10(9)13(14,15)16/h7-10H,3-6H2,1-2H3,(H,17,18)(H,19,20). The Balaban J connectivity index is 2.71. The van der Waals surface area contributed by atoms with E-state index >= 15 is 0 Å². The minimum atomic E-state index is -4.38. The van der Waals surface area contributed by atoms with Gasteiger partial charge < -0.3 is 10.4 Å². The zero-order valence-electron chi connectivity index (χ0n) is 11.5. The van der Waals surface area contributed by atoms with Gasteiger partial charge in [-0.1, -0.05) is 12.8 Å². The van der Waals surface area contributed by atoms with Gasteiger partial charge in [0, 0.05) is 12.0 Å². The highest BCUT2D eigenvalue weighted by atomic mass is 19.4. The maximum atomic E-state index is 12.9. The first kappa shape index (κ1) is 16.8. The number of alkyl halides is 3. The van der Waals surface area contributed by atoms with E-state index < -0.39 is 41.8 Å². The van der Waals surface area contributed by atoms with Crippen molar-refractivity contribution in [3.05, 3.63) is 0 Å². The predicted octanol–water partition coefficient (Wildman–Crippen LogP) is 2.58. The minimum Gasteiger partial charge on any atom is -0.481 e. The van der Waals surface area contributed by atoms with E-state index in [4.69, 9.17) is 5.11 Å². The van der Waals surface area contributed by atoms with Crippen LogP contribution >= 0.6 is 0 Å². The average Bonchev–Trinajstić information content (AvgIpc) is 2.36. The second-order valence-corrected chi connectivity index (χ2v) is 5.46. The van der Waals surface area contributed by atoms with Gasteiger partial charge in [0.15, 0.2) is 0 Å². The molecular weight excluding hydrogens is 275 g/mol. The van der Waals surface area contributed by atoms with Gasteiger partial charge in [-0.05, 0) is 26.7 Å². The lowest BCUT2D eigenvalue weighted by molar-refractivity contribution is -0.198. The fourth-order valence-electron chi connectivity index (χ4n) is 2.51. The average molecular weight is 295 g/mol. The molecule has 20 heavy (non-hydrogen) atoms. The fourth-order valence-corrected chi connectivity index (χ4v) is 2.51. The predicted molar refractivity (Wildman–Crippen MR) is 65.9 cm³/mol. The van der Waals surface area contributed by atoms with Gasteiger partial charge in [0.2, 0.25) is 5.91 Å². The van der Waals surface area contributed by atoms with Gasteiger partial charge in [-0.2, -0.15) is 13.2 Å². The molecule has 7 heteroatoms. The largest absolute Gasteiger partial charge is 0.481 e. The number of carbonyl (C=O) groups excluding carboxylic acids is 1. The molecule has 0 aromatic rings. The van der Waals surface area contributed by atoms with Crippen molar-refractivity contribution in [1.29, 1.82) is 0 Å². The molecule has 1 fully saturated rings.